The standard InChI is InChI=1S/C13H18N4O.HI/c1-14-12(18)11-5-3-10(4-6-11)9-16-13-15-7-8-17(13)2;/h3-6H,7-9H2,1-2H3,(H,14,18)(H,15,16);1H. The molecule has 6 heteroatoms. The molecule has 0 saturated heterocycles. The largest absolute Gasteiger partial charge is 0.355 e. The lowest BCUT2D eigenvalue weighted by molar-refractivity contribution is 0.0963. The minimum atomic E-state index is -0.0607. The fourth-order valence-electron chi connectivity index (χ4n) is 1.82. The molecule has 0 aliphatic carbocycles. The summed E-state index contributed by atoms with van der Waals surface area (Å²) < 4.78 is 0. The van der Waals surface area contributed by atoms with Crippen molar-refractivity contribution in [3.63, 3.8) is 0 Å². The van der Waals surface area contributed by atoms with Gasteiger partial charge in [0.15, 0.2) is 5.96 Å². The second-order valence-electron chi connectivity index (χ2n) is 4.26. The molecule has 0 saturated carbocycles. The smallest absolute Gasteiger partial charge is 0.251 e. The van der Waals surface area contributed by atoms with Crippen molar-refractivity contribution in [1.29, 1.82) is 0 Å². The molecule has 0 fully saturated rings. The second kappa shape index (κ2) is 7.32. The van der Waals surface area contributed by atoms with Gasteiger partial charge in [-0.15, -0.1) is 24.0 Å². The summed E-state index contributed by atoms with van der Waals surface area (Å²) in [5, 5.41) is 5.89. The van der Waals surface area contributed by atoms with E-state index < -0.39 is 0 Å². The maximum atomic E-state index is 11.4. The monoisotopic (exact) mass is 374 g/mol. The molecule has 0 unspecified atom stereocenters. The topological polar surface area (TPSA) is 56.7 Å². The highest BCUT2D eigenvalue weighted by Crippen LogP contribution is 2.05. The number of nitrogens with zero attached hydrogens (tertiary/aromatic N) is 2. The minimum absolute atomic E-state index is 0. The van der Waals surface area contributed by atoms with Gasteiger partial charge in [-0.25, -0.2) is 0 Å². The summed E-state index contributed by atoms with van der Waals surface area (Å²) in [6, 6.07) is 7.56. The third-order valence-electron chi connectivity index (χ3n) is 2.95. The van der Waals surface area contributed by atoms with Crippen LogP contribution in [0.15, 0.2) is 29.3 Å². The van der Waals surface area contributed by atoms with E-state index in [1.165, 1.54) is 0 Å². The van der Waals surface area contributed by atoms with E-state index in [0.29, 0.717) is 5.56 Å². The fraction of sp³-hybridized carbons (Fsp3) is 0.385. The summed E-state index contributed by atoms with van der Waals surface area (Å²) in [5.41, 5.74) is 1.81. The Balaban J connectivity index is 0.00000180. The fourth-order valence-corrected chi connectivity index (χ4v) is 1.82. The van der Waals surface area contributed by atoms with Crippen LogP contribution in [0.2, 0.25) is 0 Å². The maximum absolute atomic E-state index is 11.4. The van der Waals surface area contributed by atoms with Crippen LogP contribution in [0.5, 0.6) is 0 Å². The van der Waals surface area contributed by atoms with Crippen molar-refractivity contribution in [2.24, 2.45) is 4.99 Å². The molecule has 1 aromatic rings. The van der Waals surface area contributed by atoms with Gasteiger partial charge in [-0.2, -0.15) is 0 Å². The number of aliphatic imine (C=N–C) groups is 1. The van der Waals surface area contributed by atoms with Crippen molar-refractivity contribution in [3.8, 4) is 0 Å². The Morgan fingerprint density at radius 3 is 2.58 bits per heavy atom. The predicted molar refractivity (Wildman–Crippen MR) is 87.0 cm³/mol. The molecule has 5 nitrogen and oxygen atoms in total. The molecule has 0 spiro atoms. The Morgan fingerprint density at radius 1 is 1.37 bits per heavy atom. The quantitative estimate of drug-likeness (QED) is 0.778. The van der Waals surface area contributed by atoms with Crippen molar-refractivity contribution in [1.82, 2.24) is 15.5 Å². The van der Waals surface area contributed by atoms with Gasteiger partial charge in [-0.05, 0) is 17.7 Å². The van der Waals surface area contributed by atoms with E-state index in [1.54, 1.807) is 7.05 Å². The van der Waals surface area contributed by atoms with E-state index in [2.05, 4.69) is 20.5 Å². The van der Waals surface area contributed by atoms with E-state index in [9.17, 15) is 4.79 Å². The first-order valence-corrected chi connectivity index (χ1v) is 6.01. The number of benzene rings is 1. The number of hydrogen-bond acceptors (Lipinski definition) is 4. The molecule has 2 N–H and O–H groups in total. The lowest BCUT2D eigenvalue weighted by Gasteiger charge is -2.15. The van der Waals surface area contributed by atoms with E-state index in [1.807, 2.05) is 31.3 Å². The average Bonchev–Trinajstić information content (AvgIpc) is 2.81. The van der Waals surface area contributed by atoms with Crippen molar-refractivity contribution in [2.45, 2.75) is 6.54 Å². The number of halogens is 1. The minimum Gasteiger partial charge on any atom is -0.355 e. The van der Waals surface area contributed by atoms with Crippen LogP contribution >= 0.6 is 24.0 Å². The Hall–Kier alpha value is -1.31. The summed E-state index contributed by atoms with van der Waals surface area (Å²) >= 11 is 0. The van der Waals surface area contributed by atoms with Crippen LogP contribution in [0.4, 0.5) is 0 Å². The van der Waals surface area contributed by atoms with Crippen LogP contribution < -0.4 is 10.6 Å². The van der Waals surface area contributed by atoms with Gasteiger partial charge in [0, 0.05) is 32.7 Å². The van der Waals surface area contributed by atoms with Crippen LogP contribution in [-0.2, 0) is 6.54 Å². The second-order valence-corrected chi connectivity index (χ2v) is 4.26. The van der Waals surface area contributed by atoms with Crippen LogP contribution in [0.3, 0.4) is 0 Å². The van der Waals surface area contributed by atoms with E-state index in [-0.39, 0.29) is 29.9 Å². The summed E-state index contributed by atoms with van der Waals surface area (Å²) in [6.45, 7) is 2.55. The zero-order chi connectivity index (χ0) is 13.0. The summed E-state index contributed by atoms with van der Waals surface area (Å²) in [4.78, 5) is 17.8. The number of carbonyl (C=O) groups is 1. The number of hydrogen-bond donors (Lipinski definition) is 2. The van der Waals surface area contributed by atoms with Gasteiger partial charge in [-0.1, -0.05) is 12.1 Å². The molecule has 1 aliphatic heterocycles. The SMILES string of the molecule is CNC(=O)c1ccc(CNC2=NCCN2C)cc1.I. The highest BCUT2D eigenvalue weighted by molar-refractivity contribution is 14.0. The Labute approximate surface area is 130 Å². The average molecular weight is 374 g/mol. The van der Waals surface area contributed by atoms with Crippen molar-refractivity contribution < 1.29 is 4.79 Å². The molecule has 0 radical (unpaired) electrons. The molecule has 0 bridgehead atoms. The van der Waals surface area contributed by atoms with Crippen molar-refractivity contribution in [2.75, 3.05) is 27.2 Å². The Bertz CT molecular complexity index is 458. The molecular weight excluding hydrogens is 355 g/mol. The summed E-state index contributed by atoms with van der Waals surface area (Å²) in [5.74, 6) is 0.875. The number of nitrogens with one attached hydrogen (secondary N) is 2. The molecule has 1 heterocycles. The van der Waals surface area contributed by atoms with Gasteiger partial charge in [0.25, 0.3) is 5.91 Å². The van der Waals surface area contributed by atoms with Crippen LogP contribution in [0, 0.1) is 0 Å². The molecule has 1 aromatic carbocycles. The van der Waals surface area contributed by atoms with Gasteiger partial charge in [-0.3, -0.25) is 9.79 Å². The molecule has 1 amide bonds. The lowest BCUT2D eigenvalue weighted by atomic mass is 10.1. The molecule has 104 valence electrons. The maximum Gasteiger partial charge on any atom is 0.251 e. The zero-order valence-corrected chi connectivity index (χ0v) is 13.5. The Morgan fingerprint density at radius 2 is 2.05 bits per heavy atom. The van der Waals surface area contributed by atoms with E-state index >= 15 is 0 Å². The number of rotatable bonds is 3. The van der Waals surface area contributed by atoms with Gasteiger partial charge in [0.2, 0.25) is 0 Å². The first kappa shape index (κ1) is 15.7. The van der Waals surface area contributed by atoms with Crippen LogP contribution in [0.25, 0.3) is 0 Å². The third kappa shape index (κ3) is 4.09. The number of likely N-dealkylation sites (N-methyl/N-ethyl adjacent to an activating group) is 1. The summed E-state index contributed by atoms with van der Waals surface area (Å²) in [6.07, 6.45) is 0. The predicted octanol–water partition coefficient (Wildman–Crippen LogP) is 1.06. The highest BCUT2D eigenvalue weighted by Gasteiger charge is 2.11. The van der Waals surface area contributed by atoms with E-state index in [4.69, 9.17) is 0 Å². The summed E-state index contributed by atoms with van der Waals surface area (Å²) in [7, 11) is 3.65. The van der Waals surface area contributed by atoms with Crippen molar-refractivity contribution >= 4 is 35.8 Å². The highest BCUT2D eigenvalue weighted by atomic mass is 127. The number of carbonyl (C=O) groups excluding carboxylic acids is 1. The van der Waals surface area contributed by atoms with Crippen LogP contribution in [-0.4, -0.2) is 44.0 Å². The molecular formula is C13H19IN4O. The molecule has 19 heavy (non-hydrogen) atoms. The first-order valence-electron chi connectivity index (χ1n) is 6.01. The molecule has 1 aliphatic rings. The number of guanidine groups is 1. The third-order valence-corrected chi connectivity index (χ3v) is 2.95. The Kier molecular flexibility index (Phi) is 6.07. The molecule has 0 aromatic heterocycles. The van der Waals surface area contributed by atoms with Gasteiger partial charge >= 0.3 is 0 Å². The zero-order valence-electron chi connectivity index (χ0n) is 11.1. The first-order chi connectivity index (χ1) is 8.70. The molecule has 2 rings (SSSR count). The van der Waals surface area contributed by atoms with Gasteiger partial charge < -0.3 is 15.5 Å². The van der Waals surface area contributed by atoms with Crippen LogP contribution in [0.1, 0.15) is 15.9 Å². The normalized spacial score (nSPS) is 13.6. The number of amides is 1. The van der Waals surface area contributed by atoms with E-state index in [0.717, 1.165) is 31.2 Å². The lowest BCUT2D eigenvalue weighted by Crippen LogP contribution is -2.35. The molecule has 0 atom stereocenters. The van der Waals surface area contributed by atoms with Gasteiger partial charge in [0.05, 0.1) is 6.54 Å². The van der Waals surface area contributed by atoms with Gasteiger partial charge in [0.1, 0.15) is 0 Å². The van der Waals surface area contributed by atoms with Crippen molar-refractivity contribution in [3.05, 3.63) is 35.4 Å².